The van der Waals surface area contributed by atoms with E-state index in [1.54, 1.807) is 18.2 Å². The molecular formula is C19H19NO6. The topological polar surface area (TPSA) is 85.3 Å². The van der Waals surface area contributed by atoms with Crippen LogP contribution in [-0.2, 0) is 6.42 Å². The lowest BCUT2D eigenvalue weighted by molar-refractivity contribution is 0.0604. The van der Waals surface area contributed by atoms with E-state index in [4.69, 9.17) is 14.2 Å². The highest BCUT2D eigenvalue weighted by molar-refractivity contribution is 6.12. The van der Waals surface area contributed by atoms with Crippen molar-refractivity contribution >= 4 is 11.8 Å². The normalized spacial score (nSPS) is 13.2. The first-order valence-corrected chi connectivity index (χ1v) is 7.98. The average Bonchev–Trinajstić information content (AvgIpc) is 2.66. The minimum atomic E-state index is -0.427. The summed E-state index contributed by atoms with van der Waals surface area (Å²) in [6.07, 6.45) is 0.456. The smallest absolute Gasteiger partial charge is 0.261 e. The van der Waals surface area contributed by atoms with E-state index in [-0.39, 0.29) is 18.0 Å². The SMILES string of the molecule is COc1cc2c(cc1O)CCN(C(=O)c1ccc(OC)c(OC)c1)C2=O. The van der Waals surface area contributed by atoms with Crippen molar-refractivity contribution in [1.82, 2.24) is 4.90 Å². The number of nitrogens with zero attached hydrogens (tertiary/aromatic N) is 1. The molecule has 0 saturated carbocycles. The fourth-order valence-corrected chi connectivity index (χ4v) is 2.98. The summed E-state index contributed by atoms with van der Waals surface area (Å²) >= 11 is 0. The van der Waals surface area contributed by atoms with Crippen LogP contribution in [0.5, 0.6) is 23.0 Å². The van der Waals surface area contributed by atoms with E-state index < -0.39 is 11.8 Å². The van der Waals surface area contributed by atoms with Crippen molar-refractivity contribution < 1.29 is 28.9 Å². The largest absolute Gasteiger partial charge is 0.504 e. The zero-order valence-electron chi connectivity index (χ0n) is 14.7. The Kier molecular flexibility index (Phi) is 4.71. The lowest BCUT2D eigenvalue weighted by atomic mass is 9.97. The highest BCUT2D eigenvalue weighted by Gasteiger charge is 2.31. The Balaban J connectivity index is 1.93. The van der Waals surface area contributed by atoms with Crippen molar-refractivity contribution in [2.24, 2.45) is 0 Å². The van der Waals surface area contributed by atoms with Gasteiger partial charge in [0.2, 0.25) is 0 Å². The maximum atomic E-state index is 12.8. The third-order valence-electron chi connectivity index (χ3n) is 4.36. The Bertz CT molecular complexity index is 877. The van der Waals surface area contributed by atoms with Crippen molar-refractivity contribution in [1.29, 1.82) is 0 Å². The summed E-state index contributed by atoms with van der Waals surface area (Å²) in [6.45, 7) is 0.227. The number of aromatic hydroxyl groups is 1. The molecular weight excluding hydrogens is 338 g/mol. The molecule has 1 N–H and O–H groups in total. The molecule has 1 aliphatic heterocycles. The predicted molar refractivity (Wildman–Crippen MR) is 93.3 cm³/mol. The number of amides is 2. The highest BCUT2D eigenvalue weighted by atomic mass is 16.5. The van der Waals surface area contributed by atoms with Gasteiger partial charge in [-0.1, -0.05) is 0 Å². The summed E-state index contributed by atoms with van der Waals surface area (Å²) in [5.74, 6) is 0.226. The molecule has 0 unspecified atom stereocenters. The van der Waals surface area contributed by atoms with Crippen LogP contribution in [0.1, 0.15) is 26.3 Å². The number of hydrogen-bond acceptors (Lipinski definition) is 6. The summed E-state index contributed by atoms with van der Waals surface area (Å²) < 4.78 is 15.4. The number of benzene rings is 2. The van der Waals surface area contributed by atoms with Gasteiger partial charge in [-0.15, -0.1) is 0 Å². The van der Waals surface area contributed by atoms with Crippen molar-refractivity contribution in [2.75, 3.05) is 27.9 Å². The first-order chi connectivity index (χ1) is 12.5. The molecule has 0 aromatic heterocycles. The minimum absolute atomic E-state index is 0.0290. The second kappa shape index (κ2) is 6.95. The van der Waals surface area contributed by atoms with E-state index in [0.29, 0.717) is 34.6 Å². The van der Waals surface area contributed by atoms with Gasteiger partial charge in [-0.25, -0.2) is 0 Å². The molecule has 0 atom stereocenters. The number of fused-ring (bicyclic) bond motifs is 1. The van der Waals surface area contributed by atoms with Gasteiger partial charge in [0.25, 0.3) is 11.8 Å². The zero-order chi connectivity index (χ0) is 18.8. The summed E-state index contributed by atoms with van der Waals surface area (Å²) in [4.78, 5) is 26.8. The fraction of sp³-hybridized carbons (Fsp3) is 0.263. The summed E-state index contributed by atoms with van der Waals surface area (Å²) in [5.41, 5.74) is 1.36. The van der Waals surface area contributed by atoms with E-state index in [1.165, 1.54) is 38.4 Å². The zero-order valence-corrected chi connectivity index (χ0v) is 14.7. The molecule has 0 fully saturated rings. The minimum Gasteiger partial charge on any atom is -0.504 e. The monoisotopic (exact) mass is 357 g/mol. The number of phenolic OH excluding ortho intramolecular Hbond substituents is 1. The molecule has 136 valence electrons. The molecule has 0 aliphatic carbocycles. The number of hydrogen-bond donors (Lipinski definition) is 1. The van der Waals surface area contributed by atoms with Crippen molar-refractivity contribution in [3.63, 3.8) is 0 Å². The molecule has 0 bridgehead atoms. The van der Waals surface area contributed by atoms with Crippen LogP contribution in [-0.4, -0.2) is 49.7 Å². The Morgan fingerprint density at radius 1 is 1.00 bits per heavy atom. The van der Waals surface area contributed by atoms with Gasteiger partial charge in [0, 0.05) is 17.7 Å². The highest BCUT2D eigenvalue weighted by Crippen LogP contribution is 2.33. The number of imide groups is 1. The molecule has 26 heavy (non-hydrogen) atoms. The standard InChI is InChI=1S/C19H19NO6/c1-24-15-5-4-12(9-17(15)26-3)18(22)20-7-6-11-8-14(21)16(25-2)10-13(11)19(20)23/h4-5,8-10,21H,6-7H2,1-3H3. The van der Waals surface area contributed by atoms with Crippen molar-refractivity contribution in [3.8, 4) is 23.0 Å². The summed E-state index contributed by atoms with van der Waals surface area (Å²) in [5, 5.41) is 9.87. The van der Waals surface area contributed by atoms with E-state index in [9.17, 15) is 14.7 Å². The van der Waals surface area contributed by atoms with E-state index >= 15 is 0 Å². The summed E-state index contributed by atoms with van der Waals surface area (Å²) in [6, 6.07) is 7.71. The van der Waals surface area contributed by atoms with E-state index in [0.717, 1.165) is 0 Å². The molecule has 0 radical (unpaired) electrons. The van der Waals surface area contributed by atoms with Crippen molar-refractivity contribution in [3.05, 3.63) is 47.0 Å². The van der Waals surface area contributed by atoms with Crippen LogP contribution in [0.2, 0.25) is 0 Å². The molecule has 2 aromatic rings. The average molecular weight is 357 g/mol. The van der Waals surface area contributed by atoms with Gasteiger partial charge in [0.15, 0.2) is 23.0 Å². The Morgan fingerprint density at radius 3 is 2.35 bits per heavy atom. The van der Waals surface area contributed by atoms with Gasteiger partial charge >= 0.3 is 0 Å². The molecule has 1 heterocycles. The molecule has 7 nitrogen and oxygen atoms in total. The van der Waals surface area contributed by atoms with Crippen LogP contribution in [0.15, 0.2) is 30.3 Å². The number of ether oxygens (including phenoxy) is 3. The number of rotatable bonds is 4. The predicted octanol–water partition coefficient (Wildman–Crippen LogP) is 2.26. The molecule has 0 saturated heterocycles. The van der Waals surface area contributed by atoms with Gasteiger partial charge in [-0.05, 0) is 42.3 Å². The van der Waals surface area contributed by atoms with Gasteiger partial charge in [0.1, 0.15) is 0 Å². The molecule has 2 amide bonds. The summed E-state index contributed by atoms with van der Waals surface area (Å²) in [7, 11) is 4.39. The lowest BCUT2D eigenvalue weighted by Crippen LogP contribution is -2.42. The quantitative estimate of drug-likeness (QED) is 0.845. The number of methoxy groups -OCH3 is 3. The fourth-order valence-electron chi connectivity index (χ4n) is 2.98. The maximum absolute atomic E-state index is 12.8. The molecule has 3 rings (SSSR count). The number of carbonyl (C=O) groups excluding carboxylic acids is 2. The first-order valence-electron chi connectivity index (χ1n) is 7.98. The van der Waals surface area contributed by atoms with Crippen LogP contribution in [0.4, 0.5) is 0 Å². The van der Waals surface area contributed by atoms with E-state index in [1.807, 2.05) is 0 Å². The second-order valence-electron chi connectivity index (χ2n) is 5.76. The van der Waals surface area contributed by atoms with Gasteiger partial charge < -0.3 is 19.3 Å². The first kappa shape index (κ1) is 17.6. The number of carbonyl (C=O) groups is 2. The van der Waals surface area contributed by atoms with Crippen LogP contribution < -0.4 is 14.2 Å². The van der Waals surface area contributed by atoms with Crippen LogP contribution >= 0.6 is 0 Å². The Labute approximate surface area is 150 Å². The van der Waals surface area contributed by atoms with Crippen LogP contribution in [0.3, 0.4) is 0 Å². The molecule has 2 aromatic carbocycles. The second-order valence-corrected chi connectivity index (χ2v) is 5.76. The van der Waals surface area contributed by atoms with Gasteiger partial charge in [-0.2, -0.15) is 0 Å². The number of phenols is 1. The van der Waals surface area contributed by atoms with E-state index in [2.05, 4.69) is 0 Å². The van der Waals surface area contributed by atoms with Crippen LogP contribution in [0.25, 0.3) is 0 Å². The third kappa shape index (κ3) is 2.92. The maximum Gasteiger partial charge on any atom is 0.261 e. The third-order valence-corrected chi connectivity index (χ3v) is 4.36. The molecule has 7 heteroatoms. The Hall–Kier alpha value is -3.22. The van der Waals surface area contributed by atoms with Gasteiger partial charge in [0.05, 0.1) is 21.3 Å². The van der Waals surface area contributed by atoms with Crippen molar-refractivity contribution in [2.45, 2.75) is 6.42 Å². The van der Waals surface area contributed by atoms with Crippen LogP contribution in [0, 0.1) is 0 Å². The molecule has 0 spiro atoms. The Morgan fingerprint density at radius 2 is 1.69 bits per heavy atom. The lowest BCUT2D eigenvalue weighted by Gasteiger charge is -2.27. The molecule has 1 aliphatic rings. The van der Waals surface area contributed by atoms with Gasteiger partial charge in [-0.3, -0.25) is 14.5 Å².